The lowest BCUT2D eigenvalue weighted by Gasteiger charge is -2.03. The molecule has 3 rings (SSSR count). The van der Waals surface area contributed by atoms with Gasteiger partial charge in [0.25, 0.3) is 5.82 Å². The van der Waals surface area contributed by atoms with E-state index in [0.29, 0.717) is 0 Å². The summed E-state index contributed by atoms with van der Waals surface area (Å²) in [5.74, 6) is 1.15. The second-order valence-electron chi connectivity index (χ2n) is 4.33. The quantitative estimate of drug-likeness (QED) is 0.586. The molecule has 17 heavy (non-hydrogen) atoms. The van der Waals surface area contributed by atoms with E-state index in [1.807, 2.05) is 6.20 Å². The molecule has 0 saturated heterocycles. The van der Waals surface area contributed by atoms with Gasteiger partial charge >= 0.3 is 5.71 Å². The SMILES string of the molecule is Cc1ccccc1-n1c(C)c2occ[n+]2c1C. The summed E-state index contributed by atoms with van der Waals surface area (Å²) >= 11 is 0. The molecule has 0 unspecified atom stereocenters. The largest absolute Gasteiger partial charge is 0.424 e. The number of rotatable bonds is 1. The Kier molecular flexibility index (Phi) is 2.08. The molecule has 2 aromatic heterocycles. The van der Waals surface area contributed by atoms with Gasteiger partial charge in [0.2, 0.25) is 0 Å². The lowest BCUT2D eigenvalue weighted by Crippen LogP contribution is -2.20. The van der Waals surface area contributed by atoms with Crippen molar-refractivity contribution in [1.82, 2.24) is 4.57 Å². The lowest BCUT2D eigenvalue weighted by atomic mass is 10.2. The Bertz CT molecular complexity index is 657. The molecule has 0 atom stereocenters. The van der Waals surface area contributed by atoms with Crippen LogP contribution in [0.15, 0.2) is 41.1 Å². The standard InChI is InChI=1S/C14H15N2O/c1-10-6-4-5-7-13(10)16-11(2)14-15(12(16)3)8-9-17-14/h4-9H,1-3H3/q+1. The zero-order valence-electron chi connectivity index (χ0n) is 10.3. The van der Waals surface area contributed by atoms with Gasteiger partial charge in [-0.3, -0.25) is 0 Å². The van der Waals surface area contributed by atoms with Crippen molar-refractivity contribution in [1.29, 1.82) is 0 Å². The minimum atomic E-state index is 0.908. The molecule has 3 aromatic rings. The van der Waals surface area contributed by atoms with Gasteiger partial charge < -0.3 is 4.42 Å². The molecule has 0 fully saturated rings. The lowest BCUT2D eigenvalue weighted by molar-refractivity contribution is -0.521. The van der Waals surface area contributed by atoms with Crippen LogP contribution in [0.1, 0.15) is 17.1 Å². The number of nitrogens with zero attached hydrogens (tertiary/aromatic N) is 2. The number of fused-ring (bicyclic) bond motifs is 1. The molecule has 3 heteroatoms. The highest BCUT2D eigenvalue weighted by Gasteiger charge is 2.24. The molecule has 0 bridgehead atoms. The molecular weight excluding hydrogens is 212 g/mol. The van der Waals surface area contributed by atoms with Crippen molar-refractivity contribution in [3.05, 3.63) is 53.8 Å². The van der Waals surface area contributed by atoms with Gasteiger partial charge in [0.15, 0.2) is 5.69 Å². The Morgan fingerprint density at radius 3 is 2.59 bits per heavy atom. The van der Waals surface area contributed by atoms with E-state index in [-0.39, 0.29) is 0 Å². The van der Waals surface area contributed by atoms with E-state index in [9.17, 15) is 0 Å². The zero-order valence-corrected chi connectivity index (χ0v) is 10.3. The molecule has 0 amide bonds. The van der Waals surface area contributed by atoms with Crippen LogP contribution in [0.3, 0.4) is 0 Å². The summed E-state index contributed by atoms with van der Waals surface area (Å²) in [4.78, 5) is 0. The Morgan fingerprint density at radius 2 is 1.88 bits per heavy atom. The van der Waals surface area contributed by atoms with Gasteiger partial charge in [-0.05, 0) is 18.6 Å². The average molecular weight is 227 g/mol. The van der Waals surface area contributed by atoms with Gasteiger partial charge in [0.1, 0.15) is 18.1 Å². The maximum absolute atomic E-state index is 5.51. The first-order chi connectivity index (χ1) is 8.20. The van der Waals surface area contributed by atoms with Crippen molar-refractivity contribution in [3.8, 4) is 5.69 Å². The molecule has 0 aliphatic heterocycles. The Morgan fingerprint density at radius 1 is 1.12 bits per heavy atom. The zero-order chi connectivity index (χ0) is 12.0. The molecular formula is C14H15N2O+. The van der Waals surface area contributed by atoms with Gasteiger partial charge in [-0.15, -0.1) is 0 Å². The van der Waals surface area contributed by atoms with Crippen molar-refractivity contribution >= 4 is 5.71 Å². The highest BCUT2D eigenvalue weighted by atomic mass is 16.3. The summed E-state index contributed by atoms with van der Waals surface area (Å²) in [7, 11) is 0. The minimum absolute atomic E-state index is 0.908. The molecule has 0 radical (unpaired) electrons. The fourth-order valence-corrected chi connectivity index (χ4v) is 2.41. The van der Waals surface area contributed by atoms with Crippen molar-refractivity contribution in [3.63, 3.8) is 0 Å². The van der Waals surface area contributed by atoms with Crippen LogP contribution in [-0.4, -0.2) is 4.57 Å². The molecule has 86 valence electrons. The van der Waals surface area contributed by atoms with E-state index in [1.165, 1.54) is 11.3 Å². The van der Waals surface area contributed by atoms with Crippen LogP contribution >= 0.6 is 0 Å². The fourth-order valence-electron chi connectivity index (χ4n) is 2.41. The van der Waals surface area contributed by atoms with Gasteiger partial charge in [0, 0.05) is 13.8 Å². The highest BCUT2D eigenvalue weighted by molar-refractivity contribution is 5.46. The number of benzene rings is 1. The maximum atomic E-state index is 5.51. The maximum Gasteiger partial charge on any atom is 0.338 e. The Balaban J connectivity index is 2.38. The molecule has 2 heterocycles. The third-order valence-corrected chi connectivity index (χ3v) is 3.28. The van der Waals surface area contributed by atoms with E-state index in [1.54, 1.807) is 6.26 Å². The molecule has 3 nitrogen and oxygen atoms in total. The molecule has 0 N–H and O–H groups in total. The normalized spacial score (nSPS) is 11.2. The molecule has 1 aromatic carbocycles. The van der Waals surface area contributed by atoms with Crippen molar-refractivity contribution < 1.29 is 8.82 Å². The van der Waals surface area contributed by atoms with Gasteiger partial charge in [-0.2, -0.15) is 8.97 Å². The van der Waals surface area contributed by atoms with Crippen LogP contribution in [-0.2, 0) is 0 Å². The van der Waals surface area contributed by atoms with Crippen molar-refractivity contribution in [2.24, 2.45) is 0 Å². The number of imidazole rings is 1. The average Bonchev–Trinajstić information content (AvgIpc) is 2.87. The smallest absolute Gasteiger partial charge is 0.338 e. The van der Waals surface area contributed by atoms with Crippen LogP contribution in [0.2, 0.25) is 0 Å². The molecule has 0 aliphatic rings. The van der Waals surface area contributed by atoms with Crippen molar-refractivity contribution in [2.45, 2.75) is 20.8 Å². The van der Waals surface area contributed by atoms with E-state index < -0.39 is 0 Å². The number of aromatic nitrogens is 2. The number of aryl methyl sites for hydroxylation is 3. The monoisotopic (exact) mass is 227 g/mol. The topological polar surface area (TPSA) is 22.2 Å². The first-order valence-electron chi connectivity index (χ1n) is 5.73. The Hall–Kier alpha value is -2.03. The summed E-state index contributed by atoms with van der Waals surface area (Å²) < 4.78 is 9.82. The summed E-state index contributed by atoms with van der Waals surface area (Å²) in [5, 5.41) is 0. The summed E-state index contributed by atoms with van der Waals surface area (Å²) in [6, 6.07) is 8.38. The second-order valence-corrected chi connectivity index (χ2v) is 4.33. The number of oxazole rings is 1. The molecule has 0 saturated carbocycles. The molecule has 0 aliphatic carbocycles. The number of hydrogen-bond acceptors (Lipinski definition) is 1. The van der Waals surface area contributed by atoms with Gasteiger partial charge in [-0.25, -0.2) is 0 Å². The van der Waals surface area contributed by atoms with E-state index in [4.69, 9.17) is 4.42 Å². The van der Waals surface area contributed by atoms with E-state index in [2.05, 4.69) is 54.0 Å². The van der Waals surface area contributed by atoms with Gasteiger partial charge in [0.05, 0.1) is 0 Å². The number of hydrogen-bond donors (Lipinski definition) is 0. The Labute approximate surface area is 99.9 Å². The molecule has 0 spiro atoms. The summed E-state index contributed by atoms with van der Waals surface area (Å²) in [6.07, 6.45) is 3.67. The van der Waals surface area contributed by atoms with Crippen LogP contribution in [0.5, 0.6) is 0 Å². The predicted octanol–water partition coefficient (Wildman–Crippen LogP) is 2.73. The summed E-state index contributed by atoms with van der Waals surface area (Å²) in [6.45, 7) is 6.31. The van der Waals surface area contributed by atoms with Crippen LogP contribution in [0, 0.1) is 20.8 Å². The third kappa shape index (κ3) is 1.32. The first-order valence-corrected chi connectivity index (χ1v) is 5.73. The minimum Gasteiger partial charge on any atom is -0.424 e. The highest BCUT2D eigenvalue weighted by Crippen LogP contribution is 2.20. The van der Waals surface area contributed by atoms with Crippen LogP contribution < -0.4 is 4.40 Å². The van der Waals surface area contributed by atoms with E-state index in [0.717, 1.165) is 17.2 Å². The summed E-state index contributed by atoms with van der Waals surface area (Å²) in [5.41, 5.74) is 4.51. The van der Waals surface area contributed by atoms with Crippen molar-refractivity contribution in [2.75, 3.05) is 0 Å². The second kappa shape index (κ2) is 3.48. The van der Waals surface area contributed by atoms with E-state index >= 15 is 0 Å². The predicted molar refractivity (Wildman–Crippen MR) is 65.4 cm³/mol. The first kappa shape index (κ1) is 10.1. The van der Waals surface area contributed by atoms with Gasteiger partial charge in [-0.1, -0.05) is 18.2 Å². The van der Waals surface area contributed by atoms with Crippen LogP contribution in [0.25, 0.3) is 11.4 Å². The third-order valence-electron chi connectivity index (χ3n) is 3.28. The fraction of sp³-hybridized carbons (Fsp3) is 0.214. The number of para-hydroxylation sites is 1. The van der Waals surface area contributed by atoms with Crippen LogP contribution in [0.4, 0.5) is 0 Å².